The average Bonchev–Trinajstić information content (AvgIpc) is 3.06. The number of fused-ring (bicyclic) bond motifs is 1. The van der Waals surface area contributed by atoms with Crippen molar-refractivity contribution in [1.82, 2.24) is 4.98 Å². The molecule has 0 saturated carbocycles. The zero-order valence-electron chi connectivity index (χ0n) is 14.0. The molecule has 4 rings (SSSR count). The van der Waals surface area contributed by atoms with Gasteiger partial charge in [0, 0.05) is 21.8 Å². The van der Waals surface area contributed by atoms with Gasteiger partial charge in [-0.05, 0) is 61.5 Å². The van der Waals surface area contributed by atoms with Gasteiger partial charge in [-0.1, -0.05) is 29.3 Å². The number of oxazole rings is 1. The van der Waals surface area contributed by atoms with Gasteiger partial charge in [0.15, 0.2) is 5.58 Å². The van der Waals surface area contributed by atoms with Crippen molar-refractivity contribution < 1.29 is 9.21 Å². The first-order chi connectivity index (χ1) is 12.6. The van der Waals surface area contributed by atoms with Gasteiger partial charge in [0.2, 0.25) is 5.89 Å². The standard InChI is InChI=1S/C21H15ClN2O2/c1-13-2-4-14(5-3-13)20(25)23-17-9-6-15(7-10-17)21-24-18-12-16(22)8-11-19(18)26-21/h2-12H,1H3,(H,23,25). The van der Waals surface area contributed by atoms with Crippen molar-refractivity contribution in [2.75, 3.05) is 5.32 Å². The molecule has 128 valence electrons. The Morgan fingerprint density at radius 2 is 1.73 bits per heavy atom. The van der Waals surface area contributed by atoms with Gasteiger partial charge < -0.3 is 9.73 Å². The van der Waals surface area contributed by atoms with E-state index in [-0.39, 0.29) is 5.91 Å². The fourth-order valence-electron chi connectivity index (χ4n) is 2.63. The predicted octanol–water partition coefficient (Wildman–Crippen LogP) is 5.71. The summed E-state index contributed by atoms with van der Waals surface area (Å²) in [4.78, 5) is 16.7. The third-order valence-electron chi connectivity index (χ3n) is 4.05. The second kappa shape index (κ2) is 6.65. The highest BCUT2D eigenvalue weighted by Crippen LogP contribution is 2.27. The quantitative estimate of drug-likeness (QED) is 0.508. The van der Waals surface area contributed by atoms with E-state index in [0.29, 0.717) is 33.3 Å². The normalized spacial score (nSPS) is 10.8. The number of amides is 1. The van der Waals surface area contributed by atoms with Crippen LogP contribution in [0.3, 0.4) is 0 Å². The van der Waals surface area contributed by atoms with Gasteiger partial charge >= 0.3 is 0 Å². The van der Waals surface area contributed by atoms with Crippen molar-refractivity contribution in [1.29, 1.82) is 0 Å². The zero-order valence-corrected chi connectivity index (χ0v) is 14.7. The van der Waals surface area contributed by atoms with Gasteiger partial charge in [-0.25, -0.2) is 4.98 Å². The van der Waals surface area contributed by atoms with Crippen molar-refractivity contribution in [2.24, 2.45) is 0 Å². The van der Waals surface area contributed by atoms with Crippen LogP contribution in [0.5, 0.6) is 0 Å². The summed E-state index contributed by atoms with van der Waals surface area (Å²) in [6.07, 6.45) is 0. The monoisotopic (exact) mass is 362 g/mol. The van der Waals surface area contributed by atoms with E-state index in [0.717, 1.165) is 11.1 Å². The average molecular weight is 363 g/mol. The van der Waals surface area contributed by atoms with Crippen LogP contribution in [0.4, 0.5) is 5.69 Å². The van der Waals surface area contributed by atoms with Crippen LogP contribution < -0.4 is 5.32 Å². The molecule has 0 radical (unpaired) electrons. The zero-order chi connectivity index (χ0) is 18.1. The lowest BCUT2D eigenvalue weighted by Crippen LogP contribution is -2.11. The predicted molar refractivity (Wildman–Crippen MR) is 104 cm³/mol. The van der Waals surface area contributed by atoms with E-state index in [1.54, 1.807) is 18.2 Å². The largest absolute Gasteiger partial charge is 0.436 e. The molecular formula is C21H15ClN2O2. The minimum absolute atomic E-state index is 0.144. The van der Waals surface area contributed by atoms with Crippen molar-refractivity contribution in [3.8, 4) is 11.5 Å². The highest BCUT2D eigenvalue weighted by atomic mass is 35.5. The molecule has 4 aromatic rings. The lowest BCUT2D eigenvalue weighted by molar-refractivity contribution is 0.102. The Morgan fingerprint density at radius 1 is 1.00 bits per heavy atom. The van der Waals surface area contributed by atoms with Crippen molar-refractivity contribution in [3.05, 3.63) is 82.9 Å². The number of aryl methyl sites for hydroxylation is 1. The molecule has 0 aliphatic heterocycles. The molecule has 0 fully saturated rings. The van der Waals surface area contributed by atoms with Crippen LogP contribution in [0.25, 0.3) is 22.6 Å². The van der Waals surface area contributed by atoms with Gasteiger partial charge in [0.1, 0.15) is 5.52 Å². The van der Waals surface area contributed by atoms with Crippen LogP contribution in [0.2, 0.25) is 5.02 Å². The molecule has 1 aromatic heterocycles. The molecule has 0 saturated heterocycles. The van der Waals surface area contributed by atoms with Crippen LogP contribution in [0.15, 0.2) is 71.1 Å². The van der Waals surface area contributed by atoms with E-state index in [4.69, 9.17) is 16.0 Å². The first-order valence-electron chi connectivity index (χ1n) is 8.13. The number of hydrogen-bond donors (Lipinski definition) is 1. The second-order valence-electron chi connectivity index (χ2n) is 6.03. The fraction of sp³-hybridized carbons (Fsp3) is 0.0476. The lowest BCUT2D eigenvalue weighted by Gasteiger charge is -2.06. The van der Waals surface area contributed by atoms with Crippen LogP contribution in [-0.2, 0) is 0 Å². The first kappa shape index (κ1) is 16.4. The number of carbonyl (C=O) groups excluding carboxylic acids is 1. The van der Waals surface area contributed by atoms with Gasteiger partial charge in [0.25, 0.3) is 5.91 Å². The summed E-state index contributed by atoms with van der Waals surface area (Å²) in [5.41, 5.74) is 4.66. The molecule has 0 spiro atoms. The highest BCUT2D eigenvalue weighted by molar-refractivity contribution is 6.31. The summed E-state index contributed by atoms with van der Waals surface area (Å²) in [7, 11) is 0. The van der Waals surface area contributed by atoms with E-state index < -0.39 is 0 Å². The van der Waals surface area contributed by atoms with Crippen LogP contribution in [0.1, 0.15) is 15.9 Å². The summed E-state index contributed by atoms with van der Waals surface area (Å²) < 4.78 is 5.75. The Bertz CT molecular complexity index is 1080. The molecule has 1 N–H and O–H groups in total. The maximum Gasteiger partial charge on any atom is 0.255 e. The summed E-state index contributed by atoms with van der Waals surface area (Å²) >= 11 is 5.98. The molecule has 0 aliphatic carbocycles. The fourth-order valence-corrected chi connectivity index (χ4v) is 2.79. The molecule has 4 nitrogen and oxygen atoms in total. The minimum Gasteiger partial charge on any atom is -0.436 e. The molecule has 26 heavy (non-hydrogen) atoms. The maximum atomic E-state index is 12.3. The third-order valence-corrected chi connectivity index (χ3v) is 4.29. The third kappa shape index (κ3) is 3.32. The number of rotatable bonds is 3. The van der Waals surface area contributed by atoms with E-state index >= 15 is 0 Å². The summed E-state index contributed by atoms with van der Waals surface area (Å²) in [5.74, 6) is 0.368. The van der Waals surface area contributed by atoms with E-state index in [9.17, 15) is 4.79 Å². The van der Waals surface area contributed by atoms with Crippen molar-refractivity contribution in [3.63, 3.8) is 0 Å². The van der Waals surface area contributed by atoms with Crippen molar-refractivity contribution >= 4 is 34.3 Å². The van der Waals surface area contributed by atoms with Gasteiger partial charge in [-0.2, -0.15) is 0 Å². The van der Waals surface area contributed by atoms with E-state index in [1.807, 2.05) is 55.5 Å². The molecule has 1 amide bonds. The number of carbonyl (C=O) groups is 1. The molecule has 0 bridgehead atoms. The summed E-state index contributed by atoms with van der Waals surface area (Å²) in [6.45, 7) is 1.99. The van der Waals surface area contributed by atoms with Crippen molar-refractivity contribution in [2.45, 2.75) is 6.92 Å². The Kier molecular flexibility index (Phi) is 4.19. The number of aromatic nitrogens is 1. The number of hydrogen-bond acceptors (Lipinski definition) is 3. The molecule has 0 aliphatic rings. The summed E-state index contributed by atoms with van der Waals surface area (Å²) in [5, 5.41) is 3.50. The molecule has 1 heterocycles. The van der Waals surface area contributed by atoms with E-state index in [1.165, 1.54) is 0 Å². The molecule has 0 unspecified atom stereocenters. The Hall–Kier alpha value is -3.11. The molecule has 3 aromatic carbocycles. The number of nitrogens with one attached hydrogen (secondary N) is 1. The van der Waals surface area contributed by atoms with Crippen LogP contribution >= 0.6 is 11.6 Å². The first-order valence-corrected chi connectivity index (χ1v) is 8.51. The smallest absolute Gasteiger partial charge is 0.255 e. The summed E-state index contributed by atoms with van der Waals surface area (Å²) in [6, 6.07) is 20.1. The Labute approximate surface area is 155 Å². The minimum atomic E-state index is -0.144. The van der Waals surface area contributed by atoms with E-state index in [2.05, 4.69) is 10.3 Å². The number of halogens is 1. The second-order valence-corrected chi connectivity index (χ2v) is 6.47. The Balaban J connectivity index is 1.54. The van der Waals surface area contributed by atoms with Gasteiger partial charge in [0.05, 0.1) is 0 Å². The molecule has 0 atom stereocenters. The number of benzene rings is 3. The van der Waals surface area contributed by atoms with Crippen LogP contribution in [0, 0.1) is 6.92 Å². The maximum absolute atomic E-state index is 12.3. The Morgan fingerprint density at radius 3 is 2.46 bits per heavy atom. The van der Waals surface area contributed by atoms with Gasteiger partial charge in [-0.3, -0.25) is 4.79 Å². The highest BCUT2D eigenvalue weighted by Gasteiger charge is 2.10. The van der Waals surface area contributed by atoms with Gasteiger partial charge in [-0.15, -0.1) is 0 Å². The lowest BCUT2D eigenvalue weighted by atomic mass is 10.1. The number of nitrogens with zero attached hydrogens (tertiary/aromatic N) is 1. The molecule has 5 heteroatoms. The number of anilines is 1. The van der Waals surface area contributed by atoms with Crippen LogP contribution in [-0.4, -0.2) is 10.9 Å². The molecular weight excluding hydrogens is 348 g/mol. The SMILES string of the molecule is Cc1ccc(C(=O)Nc2ccc(-c3nc4cc(Cl)ccc4o3)cc2)cc1. The topological polar surface area (TPSA) is 55.1 Å².